The molecule has 0 aliphatic carbocycles. The van der Waals surface area contributed by atoms with Crippen molar-refractivity contribution in [3.8, 4) is 0 Å². The van der Waals surface area contributed by atoms with Gasteiger partial charge in [-0.2, -0.15) is 0 Å². The fourth-order valence-electron chi connectivity index (χ4n) is 1.99. The molecule has 0 fully saturated rings. The highest BCUT2D eigenvalue weighted by atomic mass is 16.5. The van der Waals surface area contributed by atoms with Gasteiger partial charge in [0.15, 0.2) is 0 Å². The Hall–Kier alpha value is -0.120. The highest BCUT2D eigenvalue weighted by Gasteiger charge is 2.13. The summed E-state index contributed by atoms with van der Waals surface area (Å²) in [5.74, 6) is 1.36. The molecule has 3 nitrogen and oxygen atoms in total. The molecule has 2 N–H and O–H groups in total. The van der Waals surface area contributed by atoms with Crippen LogP contribution >= 0.6 is 0 Å². The highest BCUT2D eigenvalue weighted by Crippen LogP contribution is 2.12. The van der Waals surface area contributed by atoms with Crippen LogP contribution in [0.3, 0.4) is 0 Å². The van der Waals surface area contributed by atoms with E-state index in [0.29, 0.717) is 5.92 Å². The molecule has 1 unspecified atom stereocenters. The summed E-state index contributed by atoms with van der Waals surface area (Å²) in [7, 11) is 0. The summed E-state index contributed by atoms with van der Waals surface area (Å²) in [4.78, 5) is 2.44. The fraction of sp³-hybridized carbons (Fsp3) is 1.00. The van der Waals surface area contributed by atoms with Gasteiger partial charge in [-0.1, -0.05) is 20.8 Å². The summed E-state index contributed by atoms with van der Waals surface area (Å²) in [6.07, 6.45) is 1.22. The van der Waals surface area contributed by atoms with Gasteiger partial charge in [-0.15, -0.1) is 0 Å². The van der Waals surface area contributed by atoms with Crippen molar-refractivity contribution in [1.29, 1.82) is 0 Å². The number of hydrogen-bond donors (Lipinski definition) is 1. The molecule has 0 aromatic rings. The van der Waals surface area contributed by atoms with Crippen molar-refractivity contribution < 1.29 is 4.74 Å². The van der Waals surface area contributed by atoms with Gasteiger partial charge in [-0.05, 0) is 38.3 Å². The first-order valence-electron chi connectivity index (χ1n) is 6.64. The third kappa shape index (κ3) is 8.08. The van der Waals surface area contributed by atoms with Crippen molar-refractivity contribution in [2.24, 2.45) is 17.6 Å². The van der Waals surface area contributed by atoms with Crippen molar-refractivity contribution in [3.63, 3.8) is 0 Å². The summed E-state index contributed by atoms with van der Waals surface area (Å²) < 4.78 is 5.39. The first-order chi connectivity index (χ1) is 7.63. The van der Waals surface area contributed by atoms with Crippen LogP contribution in [0.2, 0.25) is 0 Å². The molecule has 0 aromatic carbocycles. The van der Waals surface area contributed by atoms with Gasteiger partial charge in [0.1, 0.15) is 0 Å². The molecule has 1 atom stereocenters. The molecule has 0 amide bonds. The predicted molar refractivity (Wildman–Crippen MR) is 70.6 cm³/mol. The Kier molecular flexibility index (Phi) is 9.99. The van der Waals surface area contributed by atoms with Crippen LogP contribution in [-0.2, 0) is 4.74 Å². The molecule has 0 heterocycles. The van der Waals surface area contributed by atoms with Crippen molar-refractivity contribution >= 4 is 0 Å². The molecule has 0 bridgehead atoms. The van der Waals surface area contributed by atoms with E-state index in [1.54, 1.807) is 0 Å². The van der Waals surface area contributed by atoms with E-state index in [-0.39, 0.29) is 0 Å². The van der Waals surface area contributed by atoms with Gasteiger partial charge in [0.25, 0.3) is 0 Å². The Morgan fingerprint density at radius 2 is 1.94 bits per heavy atom. The van der Waals surface area contributed by atoms with Crippen LogP contribution in [-0.4, -0.2) is 44.3 Å². The number of rotatable bonds is 10. The van der Waals surface area contributed by atoms with Gasteiger partial charge in [0, 0.05) is 19.7 Å². The summed E-state index contributed by atoms with van der Waals surface area (Å²) in [6, 6.07) is 0. The van der Waals surface area contributed by atoms with E-state index in [1.807, 2.05) is 6.92 Å². The number of ether oxygens (including phenoxy) is 1. The van der Waals surface area contributed by atoms with E-state index >= 15 is 0 Å². The molecule has 0 saturated carbocycles. The molecule has 0 rings (SSSR count). The second-order valence-electron chi connectivity index (χ2n) is 4.82. The van der Waals surface area contributed by atoms with E-state index in [9.17, 15) is 0 Å². The van der Waals surface area contributed by atoms with Crippen molar-refractivity contribution in [3.05, 3.63) is 0 Å². The first kappa shape index (κ1) is 15.9. The Morgan fingerprint density at radius 1 is 1.25 bits per heavy atom. The summed E-state index contributed by atoms with van der Waals surface area (Å²) in [5.41, 5.74) is 5.82. The van der Waals surface area contributed by atoms with Crippen LogP contribution in [0.1, 0.15) is 34.1 Å². The van der Waals surface area contributed by atoms with Gasteiger partial charge in [-0.25, -0.2) is 0 Å². The number of nitrogens with two attached hydrogens (primary N) is 1. The van der Waals surface area contributed by atoms with Gasteiger partial charge in [-0.3, -0.25) is 0 Å². The number of nitrogens with zero attached hydrogens (tertiary/aromatic N) is 1. The van der Waals surface area contributed by atoms with Crippen molar-refractivity contribution in [2.75, 3.05) is 39.4 Å². The van der Waals surface area contributed by atoms with Crippen LogP contribution in [0.5, 0.6) is 0 Å². The zero-order chi connectivity index (χ0) is 12.4. The molecule has 98 valence electrons. The van der Waals surface area contributed by atoms with Crippen LogP contribution in [0.25, 0.3) is 0 Å². The third-order valence-corrected chi connectivity index (χ3v) is 2.86. The van der Waals surface area contributed by atoms with Crippen LogP contribution < -0.4 is 5.73 Å². The van der Waals surface area contributed by atoms with Gasteiger partial charge < -0.3 is 15.4 Å². The van der Waals surface area contributed by atoms with Crippen LogP contribution in [0.15, 0.2) is 0 Å². The topological polar surface area (TPSA) is 38.5 Å². The second-order valence-corrected chi connectivity index (χ2v) is 4.82. The Bertz CT molecular complexity index is 151. The summed E-state index contributed by atoms with van der Waals surface area (Å²) in [6.45, 7) is 14.4. The zero-order valence-corrected chi connectivity index (χ0v) is 11.5. The van der Waals surface area contributed by atoms with Crippen molar-refractivity contribution in [1.82, 2.24) is 4.90 Å². The van der Waals surface area contributed by atoms with Gasteiger partial charge in [0.05, 0.1) is 6.61 Å². The van der Waals surface area contributed by atoms with E-state index < -0.39 is 0 Å². The molecule has 0 saturated heterocycles. The Morgan fingerprint density at radius 3 is 2.38 bits per heavy atom. The van der Waals surface area contributed by atoms with E-state index in [2.05, 4.69) is 25.7 Å². The quantitative estimate of drug-likeness (QED) is 0.583. The smallest absolute Gasteiger partial charge is 0.0593 e. The van der Waals surface area contributed by atoms with E-state index in [1.165, 1.54) is 6.42 Å². The predicted octanol–water partition coefficient (Wildman–Crippen LogP) is 1.97. The van der Waals surface area contributed by atoms with Gasteiger partial charge in [0.2, 0.25) is 0 Å². The molecule has 0 aliphatic rings. The minimum Gasteiger partial charge on any atom is -0.380 e. The molecular formula is C13H30N2O. The Labute approximate surface area is 101 Å². The SMILES string of the molecule is CCOCCN(CC)CC(CN)CC(C)C. The number of likely N-dealkylation sites (N-methyl/N-ethyl adjacent to an activating group) is 1. The van der Waals surface area contributed by atoms with E-state index in [0.717, 1.165) is 45.3 Å². The number of hydrogen-bond acceptors (Lipinski definition) is 3. The fourth-order valence-corrected chi connectivity index (χ4v) is 1.99. The molecule has 16 heavy (non-hydrogen) atoms. The van der Waals surface area contributed by atoms with Gasteiger partial charge >= 0.3 is 0 Å². The molecular weight excluding hydrogens is 200 g/mol. The lowest BCUT2D eigenvalue weighted by atomic mass is 9.96. The molecule has 0 radical (unpaired) electrons. The maximum atomic E-state index is 5.82. The Balaban J connectivity index is 3.86. The molecule has 0 spiro atoms. The maximum Gasteiger partial charge on any atom is 0.0593 e. The van der Waals surface area contributed by atoms with E-state index in [4.69, 9.17) is 10.5 Å². The largest absolute Gasteiger partial charge is 0.380 e. The van der Waals surface area contributed by atoms with Crippen LogP contribution in [0.4, 0.5) is 0 Å². The molecule has 0 aliphatic heterocycles. The zero-order valence-electron chi connectivity index (χ0n) is 11.5. The minimum atomic E-state index is 0.626. The molecule has 0 aromatic heterocycles. The monoisotopic (exact) mass is 230 g/mol. The normalized spacial score (nSPS) is 13.7. The van der Waals surface area contributed by atoms with Crippen molar-refractivity contribution in [2.45, 2.75) is 34.1 Å². The lowest BCUT2D eigenvalue weighted by molar-refractivity contribution is 0.107. The molecule has 3 heteroatoms. The average molecular weight is 230 g/mol. The standard InChI is InChI=1S/C13H30N2O/c1-5-15(7-8-16-6-2)11-13(10-14)9-12(3)4/h12-13H,5-11,14H2,1-4H3. The van der Waals surface area contributed by atoms with Crippen LogP contribution in [0, 0.1) is 11.8 Å². The average Bonchev–Trinajstić information content (AvgIpc) is 2.26. The lowest BCUT2D eigenvalue weighted by Gasteiger charge is -2.26. The minimum absolute atomic E-state index is 0.626. The highest BCUT2D eigenvalue weighted by molar-refractivity contribution is 4.67. The maximum absolute atomic E-state index is 5.82. The third-order valence-electron chi connectivity index (χ3n) is 2.86. The first-order valence-corrected chi connectivity index (χ1v) is 6.64. The summed E-state index contributed by atoms with van der Waals surface area (Å²) >= 11 is 0. The second kappa shape index (κ2) is 10.1. The lowest BCUT2D eigenvalue weighted by Crippen LogP contribution is -2.35. The summed E-state index contributed by atoms with van der Waals surface area (Å²) in [5, 5.41) is 0.